The second-order valence-electron chi connectivity index (χ2n) is 8.79. The van der Waals surface area contributed by atoms with Gasteiger partial charge in [0.25, 0.3) is 0 Å². The lowest BCUT2D eigenvalue weighted by molar-refractivity contribution is -0.130. The van der Waals surface area contributed by atoms with Gasteiger partial charge in [-0.1, -0.05) is 6.42 Å². The molecule has 31 heavy (non-hydrogen) atoms. The van der Waals surface area contributed by atoms with Crippen LogP contribution in [0, 0.1) is 0 Å². The Morgan fingerprint density at radius 2 is 1.97 bits per heavy atom. The zero-order valence-corrected chi connectivity index (χ0v) is 21.7. The lowest BCUT2D eigenvalue weighted by Gasteiger charge is -2.35. The molecule has 0 aromatic carbocycles. The largest absolute Gasteiger partial charge is 0.376 e. The first-order chi connectivity index (χ1) is 14.8. The van der Waals surface area contributed by atoms with Gasteiger partial charge in [-0.25, -0.2) is 0 Å². The number of hydrogen-bond donors (Lipinski definition) is 1. The van der Waals surface area contributed by atoms with Gasteiger partial charge in [0, 0.05) is 52.3 Å². The van der Waals surface area contributed by atoms with Crippen LogP contribution in [0.1, 0.15) is 71.1 Å². The number of carbonyl (C=O) groups is 1. The summed E-state index contributed by atoms with van der Waals surface area (Å²) < 4.78 is 11.9. The molecule has 1 unspecified atom stereocenters. The van der Waals surface area contributed by atoms with Gasteiger partial charge in [0.05, 0.1) is 18.8 Å². The maximum atomic E-state index is 12.1. The van der Waals surface area contributed by atoms with Crippen molar-refractivity contribution in [2.75, 3.05) is 52.5 Å². The van der Waals surface area contributed by atoms with Crippen LogP contribution < -0.4 is 5.32 Å². The predicted molar refractivity (Wildman–Crippen MR) is 135 cm³/mol. The van der Waals surface area contributed by atoms with Crippen LogP contribution in [0.5, 0.6) is 0 Å². The molecule has 1 amide bonds. The normalized spacial score (nSPS) is 24.0. The van der Waals surface area contributed by atoms with E-state index in [1.165, 1.54) is 19.3 Å². The third-order valence-corrected chi connectivity index (χ3v) is 6.39. The Bertz CT molecular complexity index is 535. The topological polar surface area (TPSA) is 66.4 Å². The fraction of sp³-hybridized carbons (Fsp3) is 0.913. The van der Waals surface area contributed by atoms with Crippen LogP contribution in [-0.2, 0) is 14.3 Å². The average molecular weight is 551 g/mol. The number of nitrogens with zero attached hydrogens (tertiary/aromatic N) is 3. The van der Waals surface area contributed by atoms with E-state index in [-0.39, 0.29) is 24.0 Å². The van der Waals surface area contributed by atoms with Crippen molar-refractivity contribution in [3.63, 3.8) is 0 Å². The van der Waals surface area contributed by atoms with Crippen molar-refractivity contribution in [1.29, 1.82) is 0 Å². The van der Waals surface area contributed by atoms with E-state index in [2.05, 4.69) is 17.1 Å². The molecule has 1 atom stereocenters. The number of carbonyl (C=O) groups excluding carboxylic acids is 1. The molecule has 0 radical (unpaired) electrons. The van der Waals surface area contributed by atoms with Gasteiger partial charge < -0.3 is 24.6 Å². The summed E-state index contributed by atoms with van der Waals surface area (Å²) >= 11 is 0. The molecule has 0 bridgehead atoms. The number of nitrogens with one attached hydrogen (secondary N) is 1. The highest BCUT2D eigenvalue weighted by molar-refractivity contribution is 14.0. The SMILES string of the molecule is CCNC(=NCCCN1CCCCCC1=O)N1CCC(OCC2CCCCO2)CC1.I. The Morgan fingerprint density at radius 1 is 1.13 bits per heavy atom. The van der Waals surface area contributed by atoms with Crippen molar-refractivity contribution in [3.8, 4) is 0 Å². The molecule has 7 nitrogen and oxygen atoms in total. The van der Waals surface area contributed by atoms with E-state index in [0.29, 0.717) is 18.1 Å². The fourth-order valence-corrected chi connectivity index (χ4v) is 4.56. The number of halogens is 1. The molecule has 3 rings (SSSR count). The van der Waals surface area contributed by atoms with E-state index in [1.54, 1.807) is 0 Å². The predicted octanol–water partition coefficient (Wildman–Crippen LogP) is 3.41. The number of aliphatic imine (C=N–C) groups is 1. The smallest absolute Gasteiger partial charge is 0.222 e. The first kappa shape index (κ1) is 26.6. The van der Waals surface area contributed by atoms with Gasteiger partial charge in [-0.15, -0.1) is 24.0 Å². The number of guanidine groups is 1. The summed E-state index contributed by atoms with van der Waals surface area (Å²) in [5.74, 6) is 1.33. The summed E-state index contributed by atoms with van der Waals surface area (Å²) in [5, 5.41) is 3.44. The molecular weight excluding hydrogens is 507 g/mol. The summed E-state index contributed by atoms with van der Waals surface area (Å²) in [7, 11) is 0. The molecule has 3 fully saturated rings. The Labute approximate surface area is 205 Å². The van der Waals surface area contributed by atoms with Crippen molar-refractivity contribution >= 4 is 35.8 Å². The molecule has 3 aliphatic rings. The Kier molecular flexibility index (Phi) is 13.1. The molecule has 3 heterocycles. The molecule has 0 aromatic rings. The first-order valence-corrected chi connectivity index (χ1v) is 12.3. The van der Waals surface area contributed by atoms with Crippen molar-refractivity contribution in [2.24, 2.45) is 4.99 Å². The molecule has 3 saturated heterocycles. The molecule has 1 N–H and O–H groups in total. The van der Waals surface area contributed by atoms with Gasteiger partial charge in [0.2, 0.25) is 5.91 Å². The molecule has 0 saturated carbocycles. The van der Waals surface area contributed by atoms with Crippen molar-refractivity contribution in [1.82, 2.24) is 15.1 Å². The van der Waals surface area contributed by atoms with Crippen LogP contribution >= 0.6 is 24.0 Å². The van der Waals surface area contributed by atoms with Crippen molar-refractivity contribution in [3.05, 3.63) is 0 Å². The zero-order chi connectivity index (χ0) is 21.0. The number of likely N-dealkylation sites (tertiary alicyclic amines) is 2. The van der Waals surface area contributed by atoms with Gasteiger partial charge in [-0.3, -0.25) is 9.79 Å². The number of piperidine rings is 1. The highest BCUT2D eigenvalue weighted by atomic mass is 127. The molecule has 0 spiro atoms. The van der Waals surface area contributed by atoms with E-state index in [4.69, 9.17) is 14.5 Å². The van der Waals surface area contributed by atoms with Crippen LogP contribution in [0.25, 0.3) is 0 Å². The van der Waals surface area contributed by atoms with E-state index in [9.17, 15) is 4.79 Å². The lowest BCUT2D eigenvalue weighted by atomic mass is 10.1. The summed E-state index contributed by atoms with van der Waals surface area (Å²) in [4.78, 5) is 21.4. The molecule has 0 aliphatic carbocycles. The van der Waals surface area contributed by atoms with Gasteiger partial charge in [-0.05, 0) is 58.3 Å². The standard InChI is InChI=1S/C23H42N4O3.HI/c1-2-24-23(25-13-8-15-26-14-6-3-4-10-22(26)28)27-16-11-20(12-17-27)30-19-21-9-5-7-18-29-21;/h20-21H,2-19H2,1H3,(H,24,25);1H. The Balaban J connectivity index is 0.00000341. The highest BCUT2D eigenvalue weighted by Gasteiger charge is 2.24. The average Bonchev–Trinajstić information content (AvgIpc) is 2.99. The van der Waals surface area contributed by atoms with Crippen molar-refractivity contribution < 1.29 is 14.3 Å². The highest BCUT2D eigenvalue weighted by Crippen LogP contribution is 2.18. The Morgan fingerprint density at radius 3 is 2.71 bits per heavy atom. The molecule has 180 valence electrons. The third kappa shape index (κ3) is 9.42. The number of amides is 1. The second-order valence-corrected chi connectivity index (χ2v) is 8.79. The van der Waals surface area contributed by atoms with E-state index in [1.807, 2.05) is 4.90 Å². The fourth-order valence-electron chi connectivity index (χ4n) is 4.56. The third-order valence-electron chi connectivity index (χ3n) is 6.39. The number of rotatable bonds is 8. The quantitative estimate of drug-likeness (QED) is 0.217. The maximum absolute atomic E-state index is 12.1. The van der Waals surface area contributed by atoms with E-state index >= 15 is 0 Å². The first-order valence-electron chi connectivity index (χ1n) is 12.3. The van der Waals surface area contributed by atoms with Crippen molar-refractivity contribution in [2.45, 2.75) is 83.3 Å². The van der Waals surface area contributed by atoms with Crippen LogP contribution in [-0.4, -0.2) is 86.4 Å². The minimum Gasteiger partial charge on any atom is -0.376 e. The van der Waals surface area contributed by atoms with Crippen LogP contribution in [0.4, 0.5) is 0 Å². The molecule has 8 heteroatoms. The zero-order valence-electron chi connectivity index (χ0n) is 19.4. The minimum absolute atomic E-state index is 0. The second kappa shape index (κ2) is 15.3. The number of ether oxygens (including phenoxy) is 2. The van der Waals surface area contributed by atoms with Crippen LogP contribution in [0.3, 0.4) is 0 Å². The summed E-state index contributed by atoms with van der Waals surface area (Å²) in [6.45, 7) is 9.10. The lowest BCUT2D eigenvalue weighted by Crippen LogP contribution is -2.47. The summed E-state index contributed by atoms with van der Waals surface area (Å²) in [6.07, 6.45) is 11.3. The van der Waals surface area contributed by atoms with Gasteiger partial charge in [-0.2, -0.15) is 0 Å². The minimum atomic E-state index is 0. The van der Waals surface area contributed by atoms with Gasteiger partial charge >= 0.3 is 0 Å². The van der Waals surface area contributed by atoms with E-state index < -0.39 is 0 Å². The number of hydrogen-bond acceptors (Lipinski definition) is 4. The van der Waals surface area contributed by atoms with Gasteiger partial charge in [0.1, 0.15) is 0 Å². The maximum Gasteiger partial charge on any atom is 0.222 e. The molecular formula is C23H43IN4O3. The van der Waals surface area contributed by atoms with Crippen LogP contribution in [0.2, 0.25) is 0 Å². The monoisotopic (exact) mass is 550 g/mol. The van der Waals surface area contributed by atoms with Gasteiger partial charge in [0.15, 0.2) is 5.96 Å². The summed E-state index contributed by atoms with van der Waals surface area (Å²) in [5.41, 5.74) is 0. The molecule has 3 aliphatic heterocycles. The van der Waals surface area contributed by atoms with E-state index in [0.717, 1.165) is 103 Å². The summed E-state index contributed by atoms with van der Waals surface area (Å²) in [6, 6.07) is 0. The Hall–Kier alpha value is -0.610. The molecule has 0 aromatic heterocycles. The van der Waals surface area contributed by atoms with Crippen LogP contribution in [0.15, 0.2) is 4.99 Å².